The molecule has 3 aromatic carbocycles. The number of methoxy groups -OCH3 is 2. The average molecular weight is 431 g/mol. The first kappa shape index (κ1) is 21.4. The number of carbonyl (C=O) groups excluding carboxylic acids is 2. The van der Waals surface area contributed by atoms with Crippen molar-refractivity contribution in [3.63, 3.8) is 0 Å². The van der Waals surface area contributed by atoms with Gasteiger partial charge in [-0.15, -0.1) is 0 Å². The molecule has 0 saturated heterocycles. The van der Waals surface area contributed by atoms with Crippen LogP contribution in [0.15, 0.2) is 72.8 Å². The van der Waals surface area contributed by atoms with E-state index in [1.165, 1.54) is 0 Å². The summed E-state index contributed by atoms with van der Waals surface area (Å²) in [5.74, 6) is 0.797. The molecule has 4 rings (SSSR count). The molecule has 2 amide bonds. The summed E-state index contributed by atoms with van der Waals surface area (Å²) in [7, 11) is 3.15. The Kier molecular flexibility index (Phi) is 6.40. The molecule has 1 aliphatic rings. The van der Waals surface area contributed by atoms with E-state index in [2.05, 4.69) is 5.32 Å². The van der Waals surface area contributed by atoms with E-state index in [-0.39, 0.29) is 18.4 Å². The van der Waals surface area contributed by atoms with Crippen LogP contribution in [0, 0.1) is 0 Å². The molecule has 164 valence electrons. The van der Waals surface area contributed by atoms with Crippen LogP contribution in [-0.2, 0) is 17.8 Å². The van der Waals surface area contributed by atoms with Crippen molar-refractivity contribution >= 4 is 11.8 Å². The maximum Gasteiger partial charge on any atom is 0.254 e. The van der Waals surface area contributed by atoms with Crippen LogP contribution in [0.3, 0.4) is 0 Å². The minimum Gasteiger partial charge on any atom is -0.493 e. The zero-order valence-corrected chi connectivity index (χ0v) is 18.2. The number of hydrogen-bond donors (Lipinski definition) is 1. The lowest BCUT2D eigenvalue weighted by atomic mass is 9.91. The van der Waals surface area contributed by atoms with Gasteiger partial charge in [-0.05, 0) is 35.7 Å². The molecule has 6 heteroatoms. The van der Waals surface area contributed by atoms with E-state index in [9.17, 15) is 9.59 Å². The number of ether oxygens (including phenoxy) is 2. The Hall–Kier alpha value is -3.80. The van der Waals surface area contributed by atoms with Gasteiger partial charge < -0.3 is 19.7 Å². The molecule has 1 N–H and O–H groups in total. The Morgan fingerprint density at radius 2 is 1.69 bits per heavy atom. The van der Waals surface area contributed by atoms with Gasteiger partial charge in [0.2, 0.25) is 5.91 Å². The zero-order valence-electron chi connectivity index (χ0n) is 18.2. The maximum atomic E-state index is 13.5. The van der Waals surface area contributed by atoms with Crippen molar-refractivity contribution in [2.45, 2.75) is 19.0 Å². The van der Waals surface area contributed by atoms with Crippen molar-refractivity contribution in [3.05, 3.63) is 95.1 Å². The number of nitrogens with zero attached hydrogens (tertiary/aromatic N) is 1. The summed E-state index contributed by atoms with van der Waals surface area (Å²) in [4.78, 5) is 28.4. The largest absolute Gasteiger partial charge is 0.493 e. The summed E-state index contributed by atoms with van der Waals surface area (Å²) in [6, 6.07) is 21.7. The first-order chi connectivity index (χ1) is 15.6. The van der Waals surface area contributed by atoms with E-state index in [1.54, 1.807) is 31.3 Å². The summed E-state index contributed by atoms with van der Waals surface area (Å²) in [5.41, 5.74) is 3.31. The Bertz CT molecular complexity index is 1110. The standard InChI is InChI=1S/C26H26N2O4/c1-31-22-14-8-12-20(24(22)32-2)17-27-25(29)23-21-13-7-6-9-18(21)15-16-28(23)26(30)19-10-4-3-5-11-19/h3-14,23H,15-17H2,1-2H3,(H,27,29)/t23-/m1/s1. The van der Waals surface area contributed by atoms with E-state index < -0.39 is 6.04 Å². The van der Waals surface area contributed by atoms with Crippen molar-refractivity contribution in [1.82, 2.24) is 10.2 Å². The molecule has 0 aromatic heterocycles. The molecule has 0 saturated carbocycles. The van der Waals surface area contributed by atoms with E-state index in [0.717, 1.165) is 16.7 Å². The van der Waals surface area contributed by atoms with Crippen LogP contribution in [0.25, 0.3) is 0 Å². The van der Waals surface area contributed by atoms with Crippen molar-refractivity contribution in [2.75, 3.05) is 20.8 Å². The predicted molar refractivity (Wildman–Crippen MR) is 122 cm³/mol. The molecule has 1 aliphatic heterocycles. The van der Waals surface area contributed by atoms with Crippen LogP contribution in [0.4, 0.5) is 0 Å². The molecule has 6 nitrogen and oxygen atoms in total. The molecule has 0 fully saturated rings. The third-order valence-electron chi connectivity index (χ3n) is 5.75. The van der Waals surface area contributed by atoms with Gasteiger partial charge in [-0.1, -0.05) is 54.6 Å². The van der Waals surface area contributed by atoms with E-state index in [1.807, 2.05) is 60.7 Å². The molecular weight excluding hydrogens is 404 g/mol. The van der Waals surface area contributed by atoms with Gasteiger partial charge in [0, 0.05) is 24.2 Å². The first-order valence-corrected chi connectivity index (χ1v) is 10.6. The molecule has 0 unspecified atom stereocenters. The lowest BCUT2D eigenvalue weighted by molar-refractivity contribution is -0.126. The number of amides is 2. The van der Waals surface area contributed by atoms with Gasteiger partial charge in [-0.3, -0.25) is 9.59 Å². The Balaban J connectivity index is 1.62. The highest BCUT2D eigenvalue weighted by molar-refractivity contribution is 5.98. The monoisotopic (exact) mass is 430 g/mol. The normalized spacial score (nSPS) is 14.9. The second-order valence-corrected chi connectivity index (χ2v) is 7.59. The molecule has 0 bridgehead atoms. The smallest absolute Gasteiger partial charge is 0.254 e. The van der Waals surface area contributed by atoms with Gasteiger partial charge in [0.25, 0.3) is 5.91 Å². The minimum atomic E-state index is -0.704. The number of fused-ring (bicyclic) bond motifs is 1. The van der Waals surface area contributed by atoms with Gasteiger partial charge in [-0.25, -0.2) is 0 Å². The lowest BCUT2D eigenvalue weighted by Gasteiger charge is -2.36. The molecule has 1 heterocycles. The van der Waals surface area contributed by atoms with Gasteiger partial charge >= 0.3 is 0 Å². The van der Waals surface area contributed by atoms with Crippen molar-refractivity contribution in [2.24, 2.45) is 0 Å². The second-order valence-electron chi connectivity index (χ2n) is 7.59. The summed E-state index contributed by atoms with van der Waals surface area (Å²) >= 11 is 0. The van der Waals surface area contributed by atoms with Crippen molar-refractivity contribution in [1.29, 1.82) is 0 Å². The van der Waals surface area contributed by atoms with E-state index >= 15 is 0 Å². The number of carbonyl (C=O) groups is 2. The number of benzene rings is 3. The van der Waals surface area contributed by atoms with E-state index in [4.69, 9.17) is 9.47 Å². The average Bonchev–Trinajstić information content (AvgIpc) is 2.86. The molecule has 0 radical (unpaired) electrons. The van der Waals surface area contributed by atoms with Gasteiger partial charge in [0.15, 0.2) is 11.5 Å². The van der Waals surface area contributed by atoms with Crippen LogP contribution < -0.4 is 14.8 Å². The highest BCUT2D eigenvalue weighted by Crippen LogP contribution is 2.33. The number of para-hydroxylation sites is 1. The zero-order chi connectivity index (χ0) is 22.5. The van der Waals surface area contributed by atoms with Gasteiger partial charge in [0.1, 0.15) is 6.04 Å². The highest BCUT2D eigenvalue weighted by Gasteiger charge is 2.36. The summed E-state index contributed by atoms with van der Waals surface area (Å²) < 4.78 is 10.8. The Morgan fingerprint density at radius 3 is 2.44 bits per heavy atom. The summed E-state index contributed by atoms with van der Waals surface area (Å²) in [5, 5.41) is 3.00. The van der Waals surface area contributed by atoms with Crippen molar-refractivity contribution < 1.29 is 19.1 Å². The minimum absolute atomic E-state index is 0.154. The fraction of sp³-hybridized carbons (Fsp3) is 0.231. The molecule has 0 spiro atoms. The lowest BCUT2D eigenvalue weighted by Crippen LogP contribution is -2.47. The Labute approximate surface area is 187 Å². The van der Waals surface area contributed by atoms with Gasteiger partial charge in [-0.2, -0.15) is 0 Å². The molecule has 0 aliphatic carbocycles. The summed E-state index contributed by atoms with van der Waals surface area (Å²) in [6.07, 6.45) is 0.711. The highest BCUT2D eigenvalue weighted by atomic mass is 16.5. The molecule has 32 heavy (non-hydrogen) atoms. The maximum absolute atomic E-state index is 13.5. The molecule has 3 aromatic rings. The second kappa shape index (κ2) is 9.56. The number of nitrogens with one attached hydrogen (secondary N) is 1. The van der Waals surface area contributed by atoms with Crippen LogP contribution in [0.1, 0.15) is 33.1 Å². The summed E-state index contributed by atoms with van der Waals surface area (Å²) in [6.45, 7) is 0.733. The predicted octanol–water partition coefficient (Wildman–Crippen LogP) is 3.76. The Morgan fingerprint density at radius 1 is 0.938 bits per heavy atom. The van der Waals surface area contributed by atoms with Crippen LogP contribution in [-0.4, -0.2) is 37.5 Å². The van der Waals surface area contributed by atoms with Gasteiger partial charge in [0.05, 0.1) is 14.2 Å². The molecule has 1 atom stereocenters. The van der Waals surface area contributed by atoms with Crippen molar-refractivity contribution in [3.8, 4) is 11.5 Å². The molecular formula is C26H26N2O4. The fourth-order valence-electron chi connectivity index (χ4n) is 4.19. The topological polar surface area (TPSA) is 67.9 Å². The SMILES string of the molecule is COc1cccc(CNC(=O)[C@H]2c3ccccc3CCN2C(=O)c2ccccc2)c1OC. The number of hydrogen-bond acceptors (Lipinski definition) is 4. The third-order valence-corrected chi connectivity index (χ3v) is 5.75. The van der Waals surface area contributed by atoms with Crippen LogP contribution >= 0.6 is 0 Å². The van der Waals surface area contributed by atoms with Crippen LogP contribution in [0.5, 0.6) is 11.5 Å². The first-order valence-electron chi connectivity index (χ1n) is 10.6. The quantitative estimate of drug-likeness (QED) is 0.647. The number of rotatable bonds is 6. The third kappa shape index (κ3) is 4.17. The van der Waals surface area contributed by atoms with Crippen LogP contribution in [0.2, 0.25) is 0 Å². The van der Waals surface area contributed by atoms with E-state index in [0.29, 0.717) is 30.0 Å². The fourth-order valence-corrected chi connectivity index (χ4v) is 4.19.